The topological polar surface area (TPSA) is 72.5 Å². The fourth-order valence-corrected chi connectivity index (χ4v) is 3.46. The highest BCUT2D eigenvalue weighted by atomic mass is 32.2. The molecule has 1 aliphatic heterocycles. The molecule has 6 heteroatoms. The Bertz CT molecular complexity index is 629. The van der Waals surface area contributed by atoms with Gasteiger partial charge in [0.25, 0.3) is 0 Å². The second-order valence-electron chi connectivity index (χ2n) is 5.58. The summed E-state index contributed by atoms with van der Waals surface area (Å²) in [6, 6.07) is 4.13. The number of benzene rings is 1. The summed E-state index contributed by atoms with van der Waals surface area (Å²) in [6.45, 7) is 6.08. The van der Waals surface area contributed by atoms with Crippen LogP contribution in [0.3, 0.4) is 0 Å². The van der Waals surface area contributed by atoms with Crippen LogP contribution in [0.1, 0.15) is 37.9 Å². The predicted molar refractivity (Wildman–Crippen MR) is 70.2 cm³/mol. The van der Waals surface area contributed by atoms with Gasteiger partial charge in [0.2, 0.25) is 10.0 Å². The second-order valence-corrected chi connectivity index (χ2v) is 7.26. The van der Waals surface area contributed by atoms with Gasteiger partial charge in [-0.2, -0.15) is 4.72 Å². The lowest BCUT2D eigenvalue weighted by Gasteiger charge is -2.20. The number of methoxy groups -OCH3 is 1. The van der Waals surface area contributed by atoms with Crippen molar-refractivity contribution >= 4 is 16.0 Å². The zero-order valence-corrected chi connectivity index (χ0v) is 12.2. The van der Waals surface area contributed by atoms with E-state index >= 15 is 0 Å². The van der Waals surface area contributed by atoms with Gasteiger partial charge in [-0.05, 0) is 17.0 Å². The Labute approximate surface area is 113 Å². The van der Waals surface area contributed by atoms with Crippen molar-refractivity contribution in [2.24, 2.45) is 0 Å². The smallest absolute Gasteiger partial charge is 0.328 e. The SMILES string of the molecule is COC(=O)C1NS(=O)(=O)c2ccc(C(C)(C)C)cc21. The van der Waals surface area contributed by atoms with E-state index in [4.69, 9.17) is 0 Å². The molecule has 0 amide bonds. The minimum absolute atomic E-state index is 0.123. The number of carbonyl (C=O) groups excluding carboxylic acids is 1. The van der Waals surface area contributed by atoms with Gasteiger partial charge in [-0.15, -0.1) is 0 Å². The van der Waals surface area contributed by atoms with Crippen LogP contribution >= 0.6 is 0 Å². The van der Waals surface area contributed by atoms with Crippen LogP contribution in [0, 0.1) is 0 Å². The van der Waals surface area contributed by atoms with Crippen LogP contribution in [-0.4, -0.2) is 21.5 Å². The van der Waals surface area contributed by atoms with Crippen LogP contribution in [0.2, 0.25) is 0 Å². The molecule has 1 N–H and O–H groups in total. The summed E-state index contributed by atoms with van der Waals surface area (Å²) in [6.07, 6.45) is 0. The minimum atomic E-state index is -3.62. The zero-order chi connectivity index (χ0) is 14.4. The van der Waals surface area contributed by atoms with Gasteiger partial charge >= 0.3 is 5.97 Å². The molecule has 0 bridgehead atoms. The molecule has 0 saturated carbocycles. The lowest BCUT2D eigenvalue weighted by Crippen LogP contribution is -2.27. The molecule has 1 aromatic carbocycles. The standard InChI is InChI=1S/C13H17NO4S/c1-13(2,3)8-5-6-10-9(7-8)11(12(15)18-4)14-19(10,16)17/h5-7,11,14H,1-4H3. The van der Waals surface area contributed by atoms with E-state index in [1.165, 1.54) is 7.11 Å². The summed E-state index contributed by atoms with van der Waals surface area (Å²) in [5, 5.41) is 0. The first kappa shape index (κ1) is 14.0. The van der Waals surface area contributed by atoms with Gasteiger partial charge in [-0.1, -0.05) is 32.9 Å². The first-order valence-electron chi connectivity index (χ1n) is 5.91. The first-order chi connectivity index (χ1) is 8.66. The Morgan fingerprint density at radius 1 is 1.32 bits per heavy atom. The number of sulfonamides is 1. The van der Waals surface area contributed by atoms with Crippen LogP contribution in [0.15, 0.2) is 23.1 Å². The Balaban J connectivity index is 2.61. The van der Waals surface area contributed by atoms with Crippen molar-refractivity contribution in [3.05, 3.63) is 29.3 Å². The van der Waals surface area contributed by atoms with Gasteiger partial charge in [-0.25, -0.2) is 13.2 Å². The van der Waals surface area contributed by atoms with Crippen molar-refractivity contribution < 1.29 is 17.9 Å². The average Bonchev–Trinajstić information content (AvgIpc) is 2.59. The highest BCUT2D eigenvalue weighted by Gasteiger charge is 2.39. The highest BCUT2D eigenvalue weighted by Crippen LogP contribution is 2.35. The van der Waals surface area contributed by atoms with Gasteiger partial charge in [0.1, 0.15) is 6.04 Å². The van der Waals surface area contributed by atoms with Gasteiger partial charge in [0.15, 0.2) is 0 Å². The van der Waals surface area contributed by atoms with Crippen LogP contribution in [-0.2, 0) is 25.0 Å². The molecule has 0 spiro atoms. The third-order valence-electron chi connectivity index (χ3n) is 3.19. The molecule has 1 heterocycles. The number of esters is 1. The van der Waals surface area contributed by atoms with E-state index in [0.29, 0.717) is 5.56 Å². The zero-order valence-electron chi connectivity index (χ0n) is 11.4. The lowest BCUT2D eigenvalue weighted by atomic mass is 9.85. The molecule has 0 aromatic heterocycles. The molecule has 1 aliphatic rings. The summed E-state index contributed by atoms with van der Waals surface area (Å²) in [5.74, 6) is -0.603. The van der Waals surface area contributed by atoms with E-state index in [1.54, 1.807) is 18.2 Å². The number of hydrogen-bond acceptors (Lipinski definition) is 4. The van der Waals surface area contributed by atoms with Crippen molar-refractivity contribution in [3.8, 4) is 0 Å². The van der Waals surface area contributed by atoms with Crippen molar-refractivity contribution in [1.82, 2.24) is 4.72 Å². The quantitative estimate of drug-likeness (QED) is 0.793. The number of carbonyl (C=O) groups is 1. The van der Waals surface area contributed by atoms with E-state index in [0.717, 1.165) is 5.56 Å². The molecule has 1 atom stereocenters. The number of ether oxygens (including phenoxy) is 1. The van der Waals surface area contributed by atoms with E-state index in [2.05, 4.69) is 9.46 Å². The predicted octanol–water partition coefficient (Wildman–Crippen LogP) is 1.49. The van der Waals surface area contributed by atoms with Crippen molar-refractivity contribution in [1.29, 1.82) is 0 Å². The summed E-state index contributed by atoms with van der Waals surface area (Å²) in [7, 11) is -2.38. The molecule has 1 unspecified atom stereocenters. The molecule has 1 aromatic rings. The lowest BCUT2D eigenvalue weighted by molar-refractivity contribution is -0.142. The Morgan fingerprint density at radius 3 is 2.47 bits per heavy atom. The molecule has 0 fully saturated rings. The van der Waals surface area contributed by atoms with E-state index < -0.39 is 22.0 Å². The molecule has 5 nitrogen and oxygen atoms in total. The Hall–Kier alpha value is -1.40. The summed E-state index contributed by atoms with van der Waals surface area (Å²) in [5.41, 5.74) is 1.31. The van der Waals surface area contributed by atoms with Crippen LogP contribution in [0.5, 0.6) is 0 Å². The largest absolute Gasteiger partial charge is 0.468 e. The maximum absolute atomic E-state index is 11.9. The van der Waals surface area contributed by atoms with Crippen molar-refractivity contribution in [2.75, 3.05) is 7.11 Å². The van der Waals surface area contributed by atoms with Gasteiger partial charge in [0.05, 0.1) is 12.0 Å². The third-order valence-corrected chi connectivity index (χ3v) is 4.68. The van der Waals surface area contributed by atoms with Crippen molar-refractivity contribution in [3.63, 3.8) is 0 Å². The van der Waals surface area contributed by atoms with E-state index in [1.807, 2.05) is 20.8 Å². The fraction of sp³-hybridized carbons (Fsp3) is 0.462. The number of hydrogen-bond donors (Lipinski definition) is 1. The number of nitrogens with one attached hydrogen (secondary N) is 1. The molecular weight excluding hydrogens is 266 g/mol. The minimum Gasteiger partial charge on any atom is -0.468 e. The highest BCUT2D eigenvalue weighted by molar-refractivity contribution is 7.89. The summed E-state index contributed by atoms with van der Waals surface area (Å²) >= 11 is 0. The van der Waals surface area contributed by atoms with E-state index in [9.17, 15) is 13.2 Å². The number of fused-ring (bicyclic) bond motifs is 1. The molecule has 0 saturated heterocycles. The third kappa shape index (κ3) is 2.37. The average molecular weight is 283 g/mol. The monoisotopic (exact) mass is 283 g/mol. The fourth-order valence-electron chi connectivity index (χ4n) is 2.06. The summed E-state index contributed by atoms with van der Waals surface area (Å²) < 4.78 is 30.8. The molecule has 0 radical (unpaired) electrons. The molecule has 19 heavy (non-hydrogen) atoms. The Kier molecular flexibility index (Phi) is 3.18. The van der Waals surface area contributed by atoms with Gasteiger partial charge in [-0.3, -0.25) is 0 Å². The number of rotatable bonds is 1. The normalized spacial score (nSPS) is 20.9. The van der Waals surface area contributed by atoms with Crippen LogP contribution < -0.4 is 4.72 Å². The Morgan fingerprint density at radius 2 is 1.95 bits per heavy atom. The van der Waals surface area contributed by atoms with Crippen molar-refractivity contribution in [2.45, 2.75) is 37.1 Å². The molecular formula is C13H17NO4S. The van der Waals surface area contributed by atoms with E-state index in [-0.39, 0.29) is 10.3 Å². The van der Waals surface area contributed by atoms with Crippen LogP contribution in [0.4, 0.5) is 0 Å². The van der Waals surface area contributed by atoms with Crippen LogP contribution in [0.25, 0.3) is 0 Å². The molecule has 2 rings (SSSR count). The second kappa shape index (κ2) is 4.31. The van der Waals surface area contributed by atoms with Gasteiger partial charge < -0.3 is 4.74 Å². The maximum atomic E-state index is 11.9. The maximum Gasteiger partial charge on any atom is 0.328 e. The first-order valence-corrected chi connectivity index (χ1v) is 7.40. The molecule has 0 aliphatic carbocycles. The molecule has 104 valence electrons. The summed E-state index contributed by atoms with van der Waals surface area (Å²) in [4.78, 5) is 11.8. The van der Waals surface area contributed by atoms with Gasteiger partial charge in [0, 0.05) is 5.56 Å².